The zero-order valence-corrected chi connectivity index (χ0v) is 30.0. The van der Waals surface area contributed by atoms with E-state index in [9.17, 15) is 15.0 Å². The molecule has 1 aliphatic heterocycles. The van der Waals surface area contributed by atoms with Crippen molar-refractivity contribution in [3.63, 3.8) is 0 Å². The molecule has 2 heterocycles. The van der Waals surface area contributed by atoms with Gasteiger partial charge in [-0.3, -0.25) is 4.68 Å². The van der Waals surface area contributed by atoms with Crippen molar-refractivity contribution in [2.75, 3.05) is 20.3 Å². The van der Waals surface area contributed by atoms with Crippen LogP contribution in [0.5, 0.6) is 11.5 Å². The molecule has 5 aromatic rings. The number of phenols is 1. The number of aromatic hydroxyl groups is 1. The van der Waals surface area contributed by atoms with Crippen molar-refractivity contribution in [1.82, 2.24) is 15.0 Å². The van der Waals surface area contributed by atoms with Gasteiger partial charge >= 0.3 is 5.97 Å². The number of aromatic nitrogens is 3. The summed E-state index contributed by atoms with van der Waals surface area (Å²) in [6, 6.07) is 33.9. The molecule has 1 saturated heterocycles. The van der Waals surface area contributed by atoms with Crippen LogP contribution in [0.15, 0.2) is 115 Å². The number of carbonyl (C=O) groups is 1. The van der Waals surface area contributed by atoms with Crippen LogP contribution in [-0.2, 0) is 61.4 Å². The third-order valence-corrected chi connectivity index (χ3v) is 8.80. The van der Waals surface area contributed by atoms with Crippen LogP contribution in [0.1, 0.15) is 39.2 Å². The predicted octanol–water partition coefficient (Wildman–Crippen LogP) is 5.80. The standard InChI is InChI=1S/C41H45N3O10/c1-48-41-39(53-26-31-16-9-4-10-17-31)38(52-25-30-14-7-3-8-15-30)37(51-24-29-12-5-2-6-13-29)36(54-41)28-49-27-32-23-44(43-42-32)20-11-21-50-33-18-19-35(45)34(22-33)40(46)47/h2-10,12-19,22-23,36-39,41,45H,11,20-21,24-28H2,1H3,(H,46,47)/t36-,37-,38+,39-,41+/m1/s1. The fourth-order valence-electron chi connectivity index (χ4n) is 6.06. The zero-order chi connectivity index (χ0) is 37.5. The Morgan fingerprint density at radius 2 is 1.37 bits per heavy atom. The highest BCUT2D eigenvalue weighted by Gasteiger charge is 2.48. The van der Waals surface area contributed by atoms with Crippen molar-refractivity contribution in [2.24, 2.45) is 0 Å². The summed E-state index contributed by atoms with van der Waals surface area (Å²) in [5.74, 6) is -1.19. The minimum absolute atomic E-state index is 0.154. The molecule has 0 saturated carbocycles. The summed E-state index contributed by atoms with van der Waals surface area (Å²) in [7, 11) is 1.59. The fraction of sp³-hybridized carbons (Fsp3) is 0.341. The average Bonchev–Trinajstić information content (AvgIpc) is 3.66. The number of aromatic carboxylic acids is 1. The molecule has 5 atom stereocenters. The number of carboxylic acids is 1. The lowest BCUT2D eigenvalue weighted by Crippen LogP contribution is -2.61. The number of ether oxygens (including phenoxy) is 7. The Kier molecular flexibility index (Phi) is 14.1. The van der Waals surface area contributed by atoms with Crippen molar-refractivity contribution in [3.05, 3.63) is 143 Å². The molecule has 0 amide bonds. The Hall–Kier alpha value is -5.15. The summed E-state index contributed by atoms with van der Waals surface area (Å²) in [6.07, 6.45) is -0.745. The van der Waals surface area contributed by atoms with Crippen LogP contribution >= 0.6 is 0 Å². The molecule has 13 nitrogen and oxygen atoms in total. The molecule has 284 valence electrons. The van der Waals surface area contributed by atoms with Gasteiger partial charge in [-0.25, -0.2) is 4.79 Å². The van der Waals surface area contributed by atoms with Gasteiger partial charge in [0.1, 0.15) is 47.2 Å². The van der Waals surface area contributed by atoms with Crippen molar-refractivity contribution < 1.29 is 48.2 Å². The highest BCUT2D eigenvalue weighted by atomic mass is 16.7. The average molecular weight is 740 g/mol. The molecule has 0 aliphatic carbocycles. The number of methoxy groups -OCH3 is 1. The van der Waals surface area contributed by atoms with E-state index in [-0.39, 0.29) is 24.5 Å². The van der Waals surface area contributed by atoms with Crippen molar-refractivity contribution in [3.8, 4) is 11.5 Å². The smallest absolute Gasteiger partial charge is 0.339 e. The molecule has 0 unspecified atom stereocenters. The van der Waals surface area contributed by atoms with E-state index < -0.39 is 36.7 Å². The van der Waals surface area contributed by atoms with Gasteiger partial charge in [-0.15, -0.1) is 5.10 Å². The zero-order valence-electron chi connectivity index (χ0n) is 30.0. The van der Waals surface area contributed by atoms with E-state index in [1.165, 1.54) is 18.2 Å². The van der Waals surface area contributed by atoms with Crippen LogP contribution in [0.4, 0.5) is 0 Å². The van der Waals surface area contributed by atoms with Gasteiger partial charge in [0.05, 0.1) is 45.8 Å². The Balaban J connectivity index is 1.10. The van der Waals surface area contributed by atoms with E-state index in [2.05, 4.69) is 10.3 Å². The Labute approximate surface area is 313 Å². The Bertz CT molecular complexity index is 1860. The third kappa shape index (κ3) is 10.9. The Morgan fingerprint density at radius 3 is 1.96 bits per heavy atom. The maximum Gasteiger partial charge on any atom is 0.339 e. The first kappa shape index (κ1) is 38.6. The van der Waals surface area contributed by atoms with E-state index >= 15 is 0 Å². The first-order chi connectivity index (χ1) is 26.5. The second-order valence-electron chi connectivity index (χ2n) is 12.7. The maximum absolute atomic E-state index is 11.3. The van der Waals surface area contributed by atoms with Crippen LogP contribution < -0.4 is 4.74 Å². The van der Waals surface area contributed by atoms with Gasteiger partial charge in [0, 0.05) is 20.1 Å². The molecule has 6 rings (SSSR count). The number of nitrogens with zero attached hydrogens (tertiary/aromatic N) is 3. The number of hydrogen-bond donors (Lipinski definition) is 2. The highest BCUT2D eigenvalue weighted by molar-refractivity contribution is 5.91. The lowest BCUT2D eigenvalue weighted by Gasteiger charge is -2.45. The van der Waals surface area contributed by atoms with Gasteiger partial charge in [-0.05, 0) is 34.9 Å². The van der Waals surface area contributed by atoms with E-state index in [0.29, 0.717) is 50.8 Å². The van der Waals surface area contributed by atoms with E-state index in [1.807, 2.05) is 91.0 Å². The van der Waals surface area contributed by atoms with Gasteiger partial charge in [0.15, 0.2) is 6.29 Å². The van der Waals surface area contributed by atoms with Gasteiger partial charge in [-0.1, -0.05) is 96.2 Å². The summed E-state index contributed by atoms with van der Waals surface area (Å²) < 4.78 is 45.7. The molecule has 0 spiro atoms. The molecule has 13 heteroatoms. The summed E-state index contributed by atoms with van der Waals surface area (Å²) in [4.78, 5) is 11.3. The van der Waals surface area contributed by atoms with Gasteiger partial charge < -0.3 is 43.4 Å². The quantitative estimate of drug-likeness (QED) is 0.0929. The lowest BCUT2D eigenvalue weighted by molar-refractivity contribution is -0.323. The topological polar surface area (TPSA) is 153 Å². The van der Waals surface area contributed by atoms with Gasteiger partial charge in [-0.2, -0.15) is 0 Å². The maximum atomic E-state index is 11.3. The van der Waals surface area contributed by atoms with Crippen molar-refractivity contribution in [1.29, 1.82) is 0 Å². The first-order valence-corrected chi connectivity index (χ1v) is 17.8. The largest absolute Gasteiger partial charge is 0.507 e. The summed E-state index contributed by atoms with van der Waals surface area (Å²) in [6.45, 7) is 2.14. The molecule has 54 heavy (non-hydrogen) atoms. The number of benzene rings is 4. The van der Waals surface area contributed by atoms with Crippen molar-refractivity contribution >= 4 is 5.97 Å². The van der Waals surface area contributed by atoms with Crippen LogP contribution in [0.2, 0.25) is 0 Å². The van der Waals surface area contributed by atoms with E-state index in [4.69, 9.17) is 33.2 Å². The summed E-state index contributed by atoms with van der Waals surface area (Å²) in [5, 5.41) is 27.4. The lowest BCUT2D eigenvalue weighted by atomic mass is 9.97. The van der Waals surface area contributed by atoms with Gasteiger partial charge in [0.25, 0.3) is 0 Å². The number of rotatable bonds is 20. The van der Waals surface area contributed by atoms with Crippen molar-refractivity contribution in [2.45, 2.75) is 70.1 Å². The van der Waals surface area contributed by atoms with Crippen LogP contribution in [0, 0.1) is 0 Å². The molecule has 1 fully saturated rings. The van der Waals surface area contributed by atoms with E-state index in [0.717, 1.165) is 16.7 Å². The highest BCUT2D eigenvalue weighted by Crippen LogP contribution is 2.31. The second-order valence-corrected chi connectivity index (χ2v) is 12.7. The molecule has 2 N–H and O–H groups in total. The van der Waals surface area contributed by atoms with Crippen LogP contribution in [0.3, 0.4) is 0 Å². The normalized spacial score (nSPS) is 19.8. The SMILES string of the molecule is CO[C@H]1O[C@H](COCc2cn(CCCOc3ccc(O)c(C(=O)O)c3)nn2)[C@@H](OCc2ccccc2)[C@H](OCc2ccccc2)[C@H]1OCc1ccccc1. The number of carboxylic acid groups (broad SMARTS) is 1. The first-order valence-electron chi connectivity index (χ1n) is 17.8. The summed E-state index contributed by atoms with van der Waals surface area (Å²) >= 11 is 0. The molecule has 0 bridgehead atoms. The molecular weight excluding hydrogens is 694 g/mol. The van der Waals surface area contributed by atoms with Gasteiger partial charge in [0.2, 0.25) is 0 Å². The second kappa shape index (κ2) is 19.8. The monoisotopic (exact) mass is 739 g/mol. The van der Waals surface area contributed by atoms with E-state index in [1.54, 1.807) is 18.0 Å². The van der Waals surface area contributed by atoms with Crippen LogP contribution in [-0.4, -0.2) is 82.2 Å². The third-order valence-electron chi connectivity index (χ3n) is 8.80. The minimum atomic E-state index is -1.23. The predicted molar refractivity (Wildman–Crippen MR) is 196 cm³/mol. The molecule has 0 radical (unpaired) electrons. The molecule has 4 aromatic carbocycles. The fourth-order valence-corrected chi connectivity index (χ4v) is 6.06. The number of hydrogen-bond acceptors (Lipinski definition) is 11. The number of aryl methyl sites for hydroxylation is 1. The molecule has 1 aromatic heterocycles. The van der Waals surface area contributed by atoms with Crippen LogP contribution in [0.25, 0.3) is 0 Å². The minimum Gasteiger partial charge on any atom is -0.507 e. The molecule has 1 aliphatic rings. The molecular formula is C41H45N3O10. The Morgan fingerprint density at radius 1 is 0.778 bits per heavy atom. The summed E-state index contributed by atoms with van der Waals surface area (Å²) in [5.41, 5.74) is 3.43.